The van der Waals surface area contributed by atoms with E-state index >= 15 is 0 Å². The predicted octanol–water partition coefficient (Wildman–Crippen LogP) is 3.67. The highest BCUT2D eigenvalue weighted by atomic mass is 16.2. The van der Waals surface area contributed by atoms with Crippen LogP contribution in [0.2, 0.25) is 0 Å². The summed E-state index contributed by atoms with van der Waals surface area (Å²) >= 11 is 0. The summed E-state index contributed by atoms with van der Waals surface area (Å²) in [7, 11) is 0. The van der Waals surface area contributed by atoms with Gasteiger partial charge < -0.3 is 15.5 Å². The lowest BCUT2D eigenvalue weighted by atomic mass is 10.1. The summed E-state index contributed by atoms with van der Waals surface area (Å²) in [5.41, 5.74) is 2.58. The number of piperidine rings is 1. The minimum absolute atomic E-state index is 0.298. The van der Waals surface area contributed by atoms with Crippen molar-refractivity contribution in [2.24, 2.45) is 0 Å². The molecule has 0 radical (unpaired) electrons. The maximum absolute atomic E-state index is 12.0. The number of rotatable bonds is 4. The first kappa shape index (κ1) is 16.2. The molecule has 0 saturated carbocycles. The number of benzene rings is 1. The second kappa shape index (κ2) is 7.77. The number of aromatic nitrogens is 2. The molecule has 1 fully saturated rings. The van der Waals surface area contributed by atoms with Crippen LogP contribution in [0.1, 0.15) is 31.7 Å². The maximum Gasteiger partial charge on any atom is 0.323 e. The van der Waals surface area contributed by atoms with E-state index in [-0.39, 0.29) is 6.03 Å². The fourth-order valence-electron chi connectivity index (χ4n) is 2.76. The minimum Gasteiger partial charge on any atom is -0.341 e. The van der Waals surface area contributed by atoms with E-state index in [1.54, 1.807) is 12.4 Å². The van der Waals surface area contributed by atoms with Gasteiger partial charge in [-0.1, -0.05) is 19.1 Å². The van der Waals surface area contributed by atoms with Gasteiger partial charge in [0, 0.05) is 18.8 Å². The van der Waals surface area contributed by atoms with Gasteiger partial charge in [0.25, 0.3) is 0 Å². The number of hydrogen-bond donors (Lipinski definition) is 2. The Kier molecular flexibility index (Phi) is 5.25. The van der Waals surface area contributed by atoms with Crippen LogP contribution in [-0.4, -0.2) is 29.1 Å². The lowest BCUT2D eigenvalue weighted by Crippen LogP contribution is -2.31. The van der Waals surface area contributed by atoms with Crippen molar-refractivity contribution >= 4 is 23.4 Å². The quantitative estimate of drug-likeness (QED) is 0.900. The Bertz CT molecular complexity index is 663. The molecule has 0 spiro atoms. The van der Waals surface area contributed by atoms with E-state index in [0.717, 1.165) is 31.1 Å². The molecule has 1 aliphatic heterocycles. The van der Waals surface area contributed by atoms with Crippen LogP contribution in [0.3, 0.4) is 0 Å². The fourth-order valence-corrected chi connectivity index (χ4v) is 2.76. The van der Waals surface area contributed by atoms with Crippen LogP contribution in [0.25, 0.3) is 0 Å². The number of aryl methyl sites for hydroxylation is 1. The molecule has 1 aromatic carbocycles. The zero-order chi connectivity index (χ0) is 16.8. The van der Waals surface area contributed by atoms with Crippen LogP contribution in [0.4, 0.5) is 22.1 Å². The summed E-state index contributed by atoms with van der Waals surface area (Å²) in [6.45, 7) is 4.10. The van der Waals surface area contributed by atoms with Gasteiger partial charge >= 0.3 is 6.03 Å². The van der Waals surface area contributed by atoms with Crippen molar-refractivity contribution in [1.82, 2.24) is 9.97 Å². The third kappa shape index (κ3) is 4.22. The minimum atomic E-state index is -0.298. The van der Waals surface area contributed by atoms with Gasteiger partial charge in [0.05, 0.1) is 18.1 Å². The highest BCUT2D eigenvalue weighted by Crippen LogP contribution is 2.16. The number of urea groups is 1. The molecule has 2 amide bonds. The van der Waals surface area contributed by atoms with E-state index in [2.05, 4.69) is 32.4 Å². The van der Waals surface area contributed by atoms with Crippen LogP contribution >= 0.6 is 0 Å². The Labute approximate surface area is 142 Å². The summed E-state index contributed by atoms with van der Waals surface area (Å²) in [4.78, 5) is 22.9. The Hall–Kier alpha value is -2.63. The number of nitrogens with zero attached hydrogens (tertiary/aromatic N) is 3. The number of anilines is 3. The highest BCUT2D eigenvalue weighted by molar-refractivity contribution is 5.99. The average molecular weight is 325 g/mol. The van der Waals surface area contributed by atoms with Crippen molar-refractivity contribution in [1.29, 1.82) is 0 Å². The number of carbonyl (C=O) groups is 1. The Morgan fingerprint density at radius 1 is 1.00 bits per heavy atom. The summed E-state index contributed by atoms with van der Waals surface area (Å²) in [6, 6.07) is 7.51. The zero-order valence-electron chi connectivity index (χ0n) is 14.0. The second-order valence-corrected chi connectivity index (χ2v) is 5.95. The summed E-state index contributed by atoms with van der Waals surface area (Å²) in [6.07, 6.45) is 7.92. The van der Waals surface area contributed by atoms with E-state index < -0.39 is 0 Å². The van der Waals surface area contributed by atoms with Crippen molar-refractivity contribution in [3.8, 4) is 0 Å². The van der Waals surface area contributed by atoms with E-state index in [9.17, 15) is 4.79 Å². The molecule has 2 aromatic rings. The molecule has 24 heavy (non-hydrogen) atoms. The van der Waals surface area contributed by atoms with Gasteiger partial charge in [0.15, 0.2) is 0 Å². The van der Waals surface area contributed by atoms with Crippen molar-refractivity contribution in [3.63, 3.8) is 0 Å². The van der Waals surface area contributed by atoms with Crippen molar-refractivity contribution < 1.29 is 4.79 Å². The molecule has 1 saturated heterocycles. The number of hydrogen-bond acceptors (Lipinski definition) is 4. The normalized spacial score (nSPS) is 14.3. The van der Waals surface area contributed by atoms with Crippen LogP contribution in [0.15, 0.2) is 36.7 Å². The summed E-state index contributed by atoms with van der Waals surface area (Å²) in [5, 5.41) is 5.56. The molecule has 6 heteroatoms. The van der Waals surface area contributed by atoms with Gasteiger partial charge in [0.2, 0.25) is 5.95 Å². The molecule has 2 N–H and O–H groups in total. The largest absolute Gasteiger partial charge is 0.341 e. The first-order chi connectivity index (χ1) is 11.7. The molecular weight excluding hydrogens is 302 g/mol. The van der Waals surface area contributed by atoms with E-state index in [1.165, 1.54) is 24.8 Å². The van der Waals surface area contributed by atoms with Crippen molar-refractivity contribution in [2.45, 2.75) is 32.6 Å². The highest BCUT2D eigenvalue weighted by Gasteiger charge is 2.13. The molecule has 0 bridgehead atoms. The van der Waals surface area contributed by atoms with Gasteiger partial charge in [-0.15, -0.1) is 0 Å². The zero-order valence-corrected chi connectivity index (χ0v) is 14.0. The van der Waals surface area contributed by atoms with E-state index in [4.69, 9.17) is 0 Å². The number of nitrogens with one attached hydrogen (secondary N) is 2. The summed E-state index contributed by atoms with van der Waals surface area (Å²) < 4.78 is 0. The van der Waals surface area contributed by atoms with Crippen molar-refractivity contribution in [3.05, 3.63) is 42.2 Å². The van der Waals surface area contributed by atoms with Crippen LogP contribution in [0.5, 0.6) is 0 Å². The van der Waals surface area contributed by atoms with Gasteiger partial charge in [-0.2, -0.15) is 0 Å². The Morgan fingerprint density at radius 3 is 2.25 bits per heavy atom. The molecule has 3 rings (SSSR count). The van der Waals surface area contributed by atoms with Gasteiger partial charge in [-0.25, -0.2) is 14.8 Å². The molecule has 2 heterocycles. The molecule has 1 aliphatic rings. The monoisotopic (exact) mass is 325 g/mol. The van der Waals surface area contributed by atoms with Crippen molar-refractivity contribution in [2.75, 3.05) is 28.6 Å². The SMILES string of the molecule is CCc1ccc(NC(=O)Nc2cnc(N3CCCCC3)nc2)cc1. The Balaban J connectivity index is 1.55. The molecule has 1 aromatic heterocycles. The summed E-state index contributed by atoms with van der Waals surface area (Å²) in [5.74, 6) is 0.732. The molecule has 6 nitrogen and oxygen atoms in total. The predicted molar refractivity (Wildman–Crippen MR) is 96.6 cm³/mol. The third-order valence-corrected chi connectivity index (χ3v) is 4.16. The smallest absolute Gasteiger partial charge is 0.323 e. The molecule has 126 valence electrons. The van der Waals surface area contributed by atoms with Gasteiger partial charge in [-0.05, 0) is 43.4 Å². The lowest BCUT2D eigenvalue weighted by molar-refractivity contribution is 0.262. The van der Waals surface area contributed by atoms with E-state index in [1.807, 2.05) is 24.3 Å². The van der Waals surface area contributed by atoms with Crippen LogP contribution in [0, 0.1) is 0 Å². The maximum atomic E-state index is 12.0. The van der Waals surface area contributed by atoms with Crippen LogP contribution < -0.4 is 15.5 Å². The lowest BCUT2D eigenvalue weighted by Gasteiger charge is -2.26. The Morgan fingerprint density at radius 2 is 1.62 bits per heavy atom. The van der Waals surface area contributed by atoms with Gasteiger partial charge in [0.1, 0.15) is 0 Å². The number of carbonyl (C=O) groups excluding carboxylic acids is 1. The molecular formula is C18H23N5O. The molecule has 0 unspecified atom stereocenters. The topological polar surface area (TPSA) is 70.2 Å². The van der Waals surface area contributed by atoms with E-state index in [0.29, 0.717) is 5.69 Å². The average Bonchev–Trinajstić information content (AvgIpc) is 2.64. The standard InChI is InChI=1S/C18H23N5O/c1-2-14-6-8-15(9-7-14)21-18(24)22-16-12-19-17(20-13-16)23-10-4-3-5-11-23/h6-9,12-13H,2-5,10-11H2,1H3,(H2,21,22,24). The number of amides is 2. The third-order valence-electron chi connectivity index (χ3n) is 4.16. The first-order valence-corrected chi connectivity index (χ1v) is 8.48. The fraction of sp³-hybridized carbons (Fsp3) is 0.389. The second-order valence-electron chi connectivity index (χ2n) is 5.95. The molecule has 0 atom stereocenters. The van der Waals surface area contributed by atoms with Gasteiger partial charge in [-0.3, -0.25) is 0 Å². The molecule has 0 aliphatic carbocycles. The van der Waals surface area contributed by atoms with Crippen LogP contribution in [-0.2, 0) is 6.42 Å². The first-order valence-electron chi connectivity index (χ1n) is 8.48.